The maximum absolute atomic E-state index is 14.0. The number of hydrogen-bond acceptors (Lipinski definition) is 4. The second-order valence-corrected chi connectivity index (χ2v) is 16.3. The van der Waals surface area contributed by atoms with Gasteiger partial charge in [-0.3, -0.25) is 9.59 Å². The Morgan fingerprint density at radius 3 is 1.43 bits per heavy atom. The van der Waals surface area contributed by atoms with Gasteiger partial charge in [0, 0.05) is 58.5 Å². The molecule has 242 valence electrons. The SMILES string of the molecule is CC(CCCN(C(=O)c1ccccc1)C1CC(C)(C)NC(C)(C)C1)CN(C(=O)c1ccccc1)C1CC(C)(C)NC(C)(C)C1. The lowest BCUT2D eigenvalue weighted by atomic mass is 9.78. The van der Waals surface area contributed by atoms with E-state index >= 15 is 0 Å². The monoisotopic (exact) mass is 602 g/mol. The molecule has 0 saturated carbocycles. The molecule has 0 bridgehead atoms. The van der Waals surface area contributed by atoms with Gasteiger partial charge in [-0.25, -0.2) is 0 Å². The summed E-state index contributed by atoms with van der Waals surface area (Å²) < 4.78 is 0. The minimum atomic E-state index is -0.0560. The second kappa shape index (κ2) is 13.3. The highest BCUT2D eigenvalue weighted by Crippen LogP contribution is 2.34. The van der Waals surface area contributed by atoms with Crippen molar-refractivity contribution < 1.29 is 9.59 Å². The van der Waals surface area contributed by atoms with Crippen LogP contribution in [0.5, 0.6) is 0 Å². The van der Waals surface area contributed by atoms with E-state index in [4.69, 9.17) is 0 Å². The zero-order chi connectivity index (χ0) is 32.3. The maximum Gasteiger partial charge on any atom is 0.254 e. The van der Waals surface area contributed by atoms with Crippen LogP contribution in [0.1, 0.15) is 122 Å². The molecule has 0 spiro atoms. The lowest BCUT2D eigenvalue weighted by molar-refractivity contribution is 0.0385. The summed E-state index contributed by atoms with van der Waals surface area (Å²) in [6.45, 7) is 21.7. The van der Waals surface area contributed by atoms with Gasteiger partial charge < -0.3 is 20.4 Å². The van der Waals surface area contributed by atoms with Crippen LogP contribution in [0.2, 0.25) is 0 Å². The first-order valence-corrected chi connectivity index (χ1v) is 16.8. The van der Waals surface area contributed by atoms with Crippen molar-refractivity contribution >= 4 is 11.8 Å². The number of rotatable bonds is 10. The summed E-state index contributed by atoms with van der Waals surface area (Å²) in [5, 5.41) is 7.56. The number of benzene rings is 2. The highest BCUT2D eigenvalue weighted by Gasteiger charge is 2.43. The largest absolute Gasteiger partial charge is 0.336 e. The van der Waals surface area contributed by atoms with Crippen molar-refractivity contribution in [3.63, 3.8) is 0 Å². The number of carbonyl (C=O) groups excluding carboxylic acids is 2. The van der Waals surface area contributed by atoms with Crippen LogP contribution in [-0.4, -0.2) is 68.9 Å². The molecule has 1 unspecified atom stereocenters. The molecule has 1 atom stereocenters. The van der Waals surface area contributed by atoms with E-state index in [9.17, 15) is 9.59 Å². The fourth-order valence-corrected chi connectivity index (χ4v) is 8.36. The van der Waals surface area contributed by atoms with Crippen LogP contribution in [0.4, 0.5) is 0 Å². The summed E-state index contributed by atoms with van der Waals surface area (Å²) in [6, 6.07) is 19.8. The van der Waals surface area contributed by atoms with Gasteiger partial charge in [0.1, 0.15) is 0 Å². The zero-order valence-corrected chi connectivity index (χ0v) is 28.9. The molecule has 0 aromatic heterocycles. The molecule has 2 N–H and O–H groups in total. The van der Waals surface area contributed by atoms with Gasteiger partial charge >= 0.3 is 0 Å². The average Bonchev–Trinajstić information content (AvgIpc) is 2.91. The Hall–Kier alpha value is -2.70. The summed E-state index contributed by atoms with van der Waals surface area (Å²) in [7, 11) is 0. The van der Waals surface area contributed by atoms with E-state index in [0.717, 1.165) is 56.2 Å². The van der Waals surface area contributed by atoms with Gasteiger partial charge in [0.25, 0.3) is 11.8 Å². The van der Waals surface area contributed by atoms with Gasteiger partial charge in [0.05, 0.1) is 0 Å². The van der Waals surface area contributed by atoms with E-state index in [-0.39, 0.29) is 46.1 Å². The minimum Gasteiger partial charge on any atom is -0.336 e. The van der Waals surface area contributed by atoms with Crippen LogP contribution >= 0.6 is 0 Å². The number of piperidine rings is 2. The van der Waals surface area contributed by atoms with Crippen LogP contribution in [0.25, 0.3) is 0 Å². The third kappa shape index (κ3) is 9.17. The van der Waals surface area contributed by atoms with Gasteiger partial charge in [0.15, 0.2) is 0 Å². The first-order chi connectivity index (χ1) is 20.5. The van der Waals surface area contributed by atoms with Gasteiger partial charge in [0.2, 0.25) is 0 Å². The summed E-state index contributed by atoms with van der Waals surface area (Å²) in [5.41, 5.74) is 1.29. The predicted octanol–water partition coefficient (Wildman–Crippen LogP) is 7.31. The number of carbonyl (C=O) groups is 2. The highest BCUT2D eigenvalue weighted by molar-refractivity contribution is 5.95. The molecule has 2 saturated heterocycles. The van der Waals surface area contributed by atoms with E-state index < -0.39 is 0 Å². The van der Waals surface area contributed by atoms with E-state index in [1.807, 2.05) is 60.7 Å². The van der Waals surface area contributed by atoms with Crippen LogP contribution in [0.15, 0.2) is 60.7 Å². The van der Waals surface area contributed by atoms with Crippen molar-refractivity contribution in [1.29, 1.82) is 0 Å². The smallest absolute Gasteiger partial charge is 0.254 e. The summed E-state index contributed by atoms with van der Waals surface area (Å²) >= 11 is 0. The van der Waals surface area contributed by atoms with E-state index in [2.05, 4.69) is 82.7 Å². The van der Waals surface area contributed by atoms with Gasteiger partial charge in [-0.1, -0.05) is 43.3 Å². The van der Waals surface area contributed by atoms with Crippen LogP contribution in [-0.2, 0) is 0 Å². The molecule has 6 heteroatoms. The average molecular weight is 603 g/mol. The Morgan fingerprint density at radius 2 is 1.02 bits per heavy atom. The first kappa shape index (κ1) is 34.2. The molecule has 2 fully saturated rings. The summed E-state index contributed by atoms with van der Waals surface area (Å²) in [4.78, 5) is 32.3. The van der Waals surface area contributed by atoms with Crippen molar-refractivity contribution in [2.75, 3.05) is 13.1 Å². The molecule has 2 amide bonds. The standard InChI is InChI=1S/C38H58N4O2/c1-28(27-42(34(44)30-20-14-11-15-21-30)32-25-37(6,7)40-38(8,9)26-32)17-16-22-41(33(43)29-18-12-10-13-19-29)31-23-35(2,3)39-36(4,5)24-31/h10-15,18-21,28,31-32,39-40H,16-17,22-27H2,1-9H3. The van der Waals surface area contributed by atoms with E-state index in [0.29, 0.717) is 12.5 Å². The molecule has 4 rings (SSSR count). The molecule has 6 nitrogen and oxygen atoms in total. The Morgan fingerprint density at radius 1 is 0.659 bits per heavy atom. The summed E-state index contributed by atoms with van der Waals surface area (Å²) in [6.07, 6.45) is 5.54. The van der Waals surface area contributed by atoms with Crippen molar-refractivity contribution in [2.45, 2.75) is 135 Å². The Kier molecular flexibility index (Phi) is 10.4. The maximum atomic E-state index is 14.0. The van der Waals surface area contributed by atoms with Crippen molar-refractivity contribution in [3.8, 4) is 0 Å². The molecule has 2 aliphatic rings. The number of amides is 2. The number of nitrogens with one attached hydrogen (secondary N) is 2. The Balaban J connectivity index is 1.50. The fourth-order valence-electron chi connectivity index (χ4n) is 8.36. The molecule has 0 aliphatic carbocycles. The number of hydrogen-bond donors (Lipinski definition) is 2. The molecule has 2 aromatic rings. The lowest BCUT2D eigenvalue weighted by Crippen LogP contribution is -2.63. The minimum absolute atomic E-state index is 0.0519. The second-order valence-electron chi connectivity index (χ2n) is 16.3. The van der Waals surface area contributed by atoms with Crippen LogP contribution in [0.3, 0.4) is 0 Å². The third-order valence-corrected chi connectivity index (χ3v) is 9.39. The predicted molar refractivity (Wildman–Crippen MR) is 182 cm³/mol. The molecular formula is C38H58N4O2. The molecule has 2 heterocycles. The fraction of sp³-hybridized carbons (Fsp3) is 0.632. The third-order valence-electron chi connectivity index (χ3n) is 9.39. The zero-order valence-electron chi connectivity index (χ0n) is 28.9. The Labute approximate surface area is 267 Å². The summed E-state index contributed by atoms with van der Waals surface area (Å²) in [5.74, 6) is 0.547. The molecule has 0 radical (unpaired) electrons. The van der Waals surface area contributed by atoms with Gasteiger partial charge in [-0.05, 0) is 124 Å². The topological polar surface area (TPSA) is 64.7 Å². The van der Waals surface area contributed by atoms with Gasteiger partial charge in [-0.15, -0.1) is 0 Å². The van der Waals surface area contributed by atoms with Gasteiger partial charge in [-0.2, -0.15) is 0 Å². The van der Waals surface area contributed by atoms with Crippen LogP contribution in [0, 0.1) is 5.92 Å². The first-order valence-electron chi connectivity index (χ1n) is 16.8. The lowest BCUT2D eigenvalue weighted by Gasteiger charge is -2.50. The number of nitrogens with zero attached hydrogens (tertiary/aromatic N) is 2. The molecule has 2 aliphatic heterocycles. The highest BCUT2D eigenvalue weighted by atomic mass is 16.2. The van der Waals surface area contributed by atoms with Crippen molar-refractivity contribution in [1.82, 2.24) is 20.4 Å². The van der Waals surface area contributed by atoms with E-state index in [1.54, 1.807) is 0 Å². The van der Waals surface area contributed by atoms with Crippen molar-refractivity contribution in [2.24, 2.45) is 5.92 Å². The van der Waals surface area contributed by atoms with E-state index in [1.165, 1.54) is 0 Å². The quantitative estimate of drug-likeness (QED) is 0.299. The molecular weight excluding hydrogens is 544 g/mol. The molecule has 2 aromatic carbocycles. The van der Waals surface area contributed by atoms with Crippen molar-refractivity contribution in [3.05, 3.63) is 71.8 Å². The molecule has 44 heavy (non-hydrogen) atoms. The van der Waals surface area contributed by atoms with Crippen LogP contribution < -0.4 is 10.6 Å². The Bertz CT molecular complexity index is 1220. The normalized spacial score (nSPS) is 21.8.